The van der Waals surface area contributed by atoms with Crippen molar-refractivity contribution < 1.29 is 18.8 Å². The summed E-state index contributed by atoms with van der Waals surface area (Å²) in [7, 11) is -1.83. The summed E-state index contributed by atoms with van der Waals surface area (Å²) < 4.78 is 11.5. The normalized spacial score (nSPS) is 17.4. The molecule has 4 nitrogen and oxygen atoms in total. The zero-order chi connectivity index (χ0) is 19.4. The number of ketones is 1. The summed E-state index contributed by atoms with van der Waals surface area (Å²) in [6.07, 6.45) is 4.83. The molecule has 0 amide bonds. The van der Waals surface area contributed by atoms with Gasteiger partial charge in [-0.25, -0.2) is 0 Å². The second-order valence-corrected chi connectivity index (χ2v) is 13.1. The highest BCUT2D eigenvalue weighted by atomic mass is 28.4. The average molecular weight is 375 g/mol. The Labute approximate surface area is 157 Å². The predicted molar refractivity (Wildman–Crippen MR) is 106 cm³/mol. The van der Waals surface area contributed by atoms with Crippen LogP contribution in [0, 0.1) is 5.92 Å². The van der Waals surface area contributed by atoms with E-state index >= 15 is 0 Å². The van der Waals surface area contributed by atoms with Gasteiger partial charge in [0.2, 0.25) is 8.32 Å². The predicted octanol–water partition coefficient (Wildman–Crippen LogP) is 4.69. The third kappa shape index (κ3) is 5.56. The van der Waals surface area contributed by atoms with Gasteiger partial charge in [-0.15, -0.1) is 0 Å². The van der Waals surface area contributed by atoms with Gasteiger partial charge in [0.1, 0.15) is 5.75 Å². The summed E-state index contributed by atoms with van der Waals surface area (Å²) in [5.41, 5.74) is 1.10. The Kier molecular flexibility index (Phi) is 6.45. The van der Waals surface area contributed by atoms with Crippen LogP contribution in [0.3, 0.4) is 0 Å². The Morgan fingerprint density at radius 3 is 2.38 bits per heavy atom. The fraction of sp³-hybridized carbons (Fsp3) is 0.524. The average Bonchev–Trinajstić information content (AvgIpc) is 2.93. The van der Waals surface area contributed by atoms with Gasteiger partial charge in [0.25, 0.3) is 0 Å². The van der Waals surface area contributed by atoms with Gasteiger partial charge in [-0.05, 0) is 48.3 Å². The molecule has 1 aromatic carbocycles. The molecule has 1 aliphatic carbocycles. The molecular weight excluding hydrogens is 344 g/mol. The molecule has 0 fully saturated rings. The number of hydrogen-bond acceptors (Lipinski definition) is 4. The molecule has 0 aliphatic heterocycles. The number of benzene rings is 1. The maximum atomic E-state index is 11.8. The summed E-state index contributed by atoms with van der Waals surface area (Å²) in [5.74, 6) is 0.392. The van der Waals surface area contributed by atoms with E-state index in [1.54, 1.807) is 6.08 Å². The number of allylic oxidation sites excluding steroid dienone is 2. The summed E-state index contributed by atoms with van der Waals surface area (Å²) in [4.78, 5) is 23.3. The lowest BCUT2D eigenvalue weighted by molar-refractivity contribution is -0.145. The minimum absolute atomic E-state index is 0.0271. The molecule has 0 heterocycles. The molecule has 0 bridgehead atoms. The van der Waals surface area contributed by atoms with Gasteiger partial charge >= 0.3 is 5.97 Å². The summed E-state index contributed by atoms with van der Waals surface area (Å²) >= 11 is 0. The van der Waals surface area contributed by atoms with Crippen molar-refractivity contribution >= 4 is 20.1 Å². The molecule has 2 rings (SSSR count). The van der Waals surface area contributed by atoms with Crippen LogP contribution in [0.4, 0.5) is 0 Å². The molecule has 142 valence electrons. The van der Waals surface area contributed by atoms with Crippen LogP contribution in [-0.2, 0) is 20.7 Å². The van der Waals surface area contributed by atoms with Crippen molar-refractivity contribution in [2.24, 2.45) is 5.92 Å². The second kappa shape index (κ2) is 8.21. The Balaban J connectivity index is 1.77. The van der Waals surface area contributed by atoms with E-state index in [-0.39, 0.29) is 29.1 Å². The molecule has 1 aliphatic rings. The van der Waals surface area contributed by atoms with Crippen molar-refractivity contribution in [1.82, 2.24) is 0 Å². The van der Waals surface area contributed by atoms with Crippen LogP contribution in [0.1, 0.15) is 39.2 Å². The summed E-state index contributed by atoms with van der Waals surface area (Å²) in [5, 5.41) is 0.163. The molecule has 0 saturated heterocycles. The quantitative estimate of drug-likeness (QED) is 0.513. The Morgan fingerprint density at radius 2 is 1.85 bits per heavy atom. The highest BCUT2D eigenvalue weighted by Crippen LogP contribution is 2.37. The van der Waals surface area contributed by atoms with Gasteiger partial charge in [0, 0.05) is 12.3 Å². The SMILES string of the molecule is CC(C)(C)[Si](C)(C)Oc1ccc(CCOC(=O)C[C@@H]2CC=CC2=O)cc1. The first-order valence-electron chi connectivity index (χ1n) is 9.22. The number of carbonyl (C=O) groups excluding carboxylic acids is 2. The molecule has 0 N–H and O–H groups in total. The lowest BCUT2D eigenvalue weighted by Gasteiger charge is -2.36. The van der Waals surface area contributed by atoms with Crippen LogP contribution in [0.15, 0.2) is 36.4 Å². The molecule has 0 radical (unpaired) electrons. The number of carbonyl (C=O) groups is 2. The zero-order valence-corrected chi connectivity index (χ0v) is 17.5. The summed E-state index contributed by atoms with van der Waals surface area (Å²) in [6, 6.07) is 8.00. The molecule has 0 unspecified atom stereocenters. The maximum absolute atomic E-state index is 11.8. The van der Waals surface area contributed by atoms with Crippen molar-refractivity contribution in [3.05, 3.63) is 42.0 Å². The third-order valence-corrected chi connectivity index (χ3v) is 9.63. The first-order valence-corrected chi connectivity index (χ1v) is 12.1. The Morgan fingerprint density at radius 1 is 1.19 bits per heavy atom. The van der Waals surface area contributed by atoms with E-state index in [2.05, 4.69) is 33.9 Å². The third-order valence-electron chi connectivity index (χ3n) is 5.27. The van der Waals surface area contributed by atoms with Crippen molar-refractivity contribution in [2.75, 3.05) is 6.61 Å². The first kappa shape index (κ1) is 20.4. The van der Waals surface area contributed by atoms with Gasteiger partial charge < -0.3 is 9.16 Å². The smallest absolute Gasteiger partial charge is 0.306 e. The first-order chi connectivity index (χ1) is 12.1. The number of hydrogen-bond donors (Lipinski definition) is 0. The number of esters is 1. The minimum Gasteiger partial charge on any atom is -0.544 e. The van der Waals surface area contributed by atoms with E-state index in [0.29, 0.717) is 19.4 Å². The van der Waals surface area contributed by atoms with Crippen LogP contribution in [-0.4, -0.2) is 26.7 Å². The number of ether oxygens (including phenoxy) is 1. The van der Waals surface area contributed by atoms with Crippen LogP contribution >= 0.6 is 0 Å². The number of rotatable bonds is 7. The van der Waals surface area contributed by atoms with Crippen molar-refractivity contribution in [1.29, 1.82) is 0 Å². The lowest BCUT2D eigenvalue weighted by Crippen LogP contribution is -2.43. The van der Waals surface area contributed by atoms with Gasteiger partial charge in [0.15, 0.2) is 5.78 Å². The zero-order valence-electron chi connectivity index (χ0n) is 16.5. The molecule has 0 spiro atoms. The molecule has 1 atom stereocenters. The van der Waals surface area contributed by atoms with Crippen LogP contribution in [0.25, 0.3) is 0 Å². The highest BCUT2D eigenvalue weighted by Gasteiger charge is 2.38. The molecule has 0 aromatic heterocycles. The Bertz CT molecular complexity index is 668. The minimum atomic E-state index is -1.83. The lowest BCUT2D eigenvalue weighted by atomic mass is 10.0. The fourth-order valence-corrected chi connectivity index (χ4v) is 3.53. The largest absolute Gasteiger partial charge is 0.544 e. The maximum Gasteiger partial charge on any atom is 0.306 e. The molecular formula is C21H30O4Si. The molecule has 0 saturated carbocycles. The van der Waals surface area contributed by atoms with E-state index in [1.807, 2.05) is 30.3 Å². The molecule has 26 heavy (non-hydrogen) atoms. The van der Waals surface area contributed by atoms with Gasteiger partial charge in [-0.3, -0.25) is 9.59 Å². The van der Waals surface area contributed by atoms with Gasteiger partial charge in [-0.1, -0.05) is 39.0 Å². The van der Waals surface area contributed by atoms with Crippen LogP contribution < -0.4 is 4.43 Å². The van der Waals surface area contributed by atoms with Gasteiger partial charge in [-0.2, -0.15) is 0 Å². The van der Waals surface area contributed by atoms with E-state index < -0.39 is 8.32 Å². The van der Waals surface area contributed by atoms with E-state index in [0.717, 1.165) is 11.3 Å². The molecule has 1 aromatic rings. The standard InChI is InChI=1S/C21H30O4Si/c1-21(2,3)26(4,5)25-18-11-9-16(10-12-18)13-14-24-20(23)15-17-7-6-8-19(17)22/h6,8-12,17H,7,13-15H2,1-5H3/t17-/m0/s1. The highest BCUT2D eigenvalue weighted by molar-refractivity contribution is 6.74. The van der Waals surface area contributed by atoms with E-state index in [4.69, 9.17) is 9.16 Å². The van der Waals surface area contributed by atoms with Crippen molar-refractivity contribution in [3.8, 4) is 5.75 Å². The van der Waals surface area contributed by atoms with Gasteiger partial charge in [0.05, 0.1) is 13.0 Å². The Hall–Kier alpha value is -1.88. The molecule has 5 heteroatoms. The van der Waals surface area contributed by atoms with Crippen molar-refractivity contribution in [3.63, 3.8) is 0 Å². The fourth-order valence-electron chi connectivity index (χ4n) is 2.50. The van der Waals surface area contributed by atoms with E-state index in [9.17, 15) is 9.59 Å². The topological polar surface area (TPSA) is 52.6 Å². The van der Waals surface area contributed by atoms with Crippen molar-refractivity contribution in [2.45, 2.75) is 58.2 Å². The van der Waals surface area contributed by atoms with E-state index in [1.165, 1.54) is 0 Å². The second-order valence-electron chi connectivity index (χ2n) is 8.42. The summed E-state index contributed by atoms with van der Waals surface area (Å²) in [6.45, 7) is 11.4. The monoisotopic (exact) mass is 374 g/mol. The van der Waals surface area contributed by atoms with Crippen LogP contribution in [0.2, 0.25) is 18.1 Å². The van der Waals surface area contributed by atoms with Crippen LogP contribution in [0.5, 0.6) is 5.75 Å².